The van der Waals surface area contributed by atoms with E-state index in [1.807, 2.05) is 30.1 Å². The molecule has 0 N–H and O–H groups in total. The van der Waals surface area contributed by atoms with E-state index in [9.17, 15) is 13.2 Å². The summed E-state index contributed by atoms with van der Waals surface area (Å²) in [5, 5.41) is 3.53. The first-order chi connectivity index (χ1) is 23.1. The molecular formula is C38H48ClF3N6. The highest BCUT2D eigenvalue weighted by atomic mass is 35.5. The second kappa shape index (κ2) is 16.7. The number of halogens is 4. The molecule has 3 saturated heterocycles. The summed E-state index contributed by atoms with van der Waals surface area (Å²) in [5.74, 6) is 0. The molecule has 3 fully saturated rings. The van der Waals surface area contributed by atoms with Gasteiger partial charge in [0.2, 0.25) is 0 Å². The maximum atomic E-state index is 12.6. The van der Waals surface area contributed by atoms with Crippen LogP contribution in [0.1, 0.15) is 5.56 Å². The summed E-state index contributed by atoms with van der Waals surface area (Å²) >= 11 is 5.96. The number of rotatable bonds is 3. The fourth-order valence-corrected chi connectivity index (χ4v) is 6.40. The Morgan fingerprint density at radius 3 is 1.50 bits per heavy atom. The van der Waals surface area contributed by atoms with Crippen LogP contribution in [0.3, 0.4) is 0 Å². The van der Waals surface area contributed by atoms with E-state index in [1.54, 1.807) is 6.07 Å². The van der Waals surface area contributed by atoms with E-state index >= 15 is 0 Å². The molecule has 4 aromatic carbocycles. The van der Waals surface area contributed by atoms with Crippen molar-refractivity contribution in [2.24, 2.45) is 0 Å². The van der Waals surface area contributed by atoms with Gasteiger partial charge in [-0.2, -0.15) is 13.2 Å². The zero-order valence-corrected chi connectivity index (χ0v) is 29.1. The first-order valence-electron chi connectivity index (χ1n) is 16.8. The van der Waals surface area contributed by atoms with Crippen molar-refractivity contribution in [3.05, 3.63) is 102 Å². The Balaban J connectivity index is 0.000000142. The Labute approximate surface area is 288 Å². The van der Waals surface area contributed by atoms with Gasteiger partial charge in [-0.25, -0.2) is 0 Å². The van der Waals surface area contributed by atoms with Gasteiger partial charge in [0.1, 0.15) is 0 Å². The number of fused-ring (bicyclic) bond motifs is 1. The second-order valence-electron chi connectivity index (χ2n) is 12.9. The van der Waals surface area contributed by atoms with Gasteiger partial charge in [-0.3, -0.25) is 0 Å². The van der Waals surface area contributed by atoms with Crippen LogP contribution in [0.5, 0.6) is 0 Å². The molecule has 258 valence electrons. The minimum Gasteiger partial charge on any atom is -0.369 e. The summed E-state index contributed by atoms with van der Waals surface area (Å²) in [5.41, 5.74) is 2.71. The number of alkyl halides is 3. The van der Waals surface area contributed by atoms with Crippen LogP contribution in [-0.4, -0.2) is 114 Å². The van der Waals surface area contributed by atoms with E-state index in [1.165, 1.54) is 34.3 Å². The van der Waals surface area contributed by atoms with Crippen molar-refractivity contribution in [1.29, 1.82) is 0 Å². The van der Waals surface area contributed by atoms with E-state index in [0.29, 0.717) is 5.69 Å². The third-order valence-electron chi connectivity index (χ3n) is 9.33. The fraction of sp³-hybridized carbons (Fsp3) is 0.421. The Morgan fingerprint density at radius 1 is 0.500 bits per heavy atom. The van der Waals surface area contributed by atoms with Gasteiger partial charge in [0.05, 0.1) is 5.56 Å². The summed E-state index contributed by atoms with van der Waals surface area (Å²) in [6.45, 7) is 12.3. The monoisotopic (exact) mass is 680 g/mol. The van der Waals surface area contributed by atoms with Gasteiger partial charge in [0, 0.05) is 106 Å². The first kappa shape index (κ1) is 35.8. The number of hydrogen-bond donors (Lipinski definition) is 0. The highest BCUT2D eigenvalue weighted by Crippen LogP contribution is 2.32. The van der Waals surface area contributed by atoms with Crippen molar-refractivity contribution in [2.45, 2.75) is 6.18 Å². The summed E-state index contributed by atoms with van der Waals surface area (Å²) in [6.07, 6.45) is -4.26. The molecule has 0 unspecified atom stereocenters. The molecule has 7 rings (SSSR count). The van der Waals surface area contributed by atoms with E-state index in [2.05, 4.69) is 87.1 Å². The lowest BCUT2D eigenvalue weighted by molar-refractivity contribution is -0.137. The van der Waals surface area contributed by atoms with Crippen molar-refractivity contribution in [2.75, 3.05) is 114 Å². The van der Waals surface area contributed by atoms with Gasteiger partial charge in [0.25, 0.3) is 0 Å². The van der Waals surface area contributed by atoms with Crippen LogP contribution >= 0.6 is 11.6 Å². The molecule has 0 aliphatic carbocycles. The molecule has 10 heteroatoms. The van der Waals surface area contributed by atoms with E-state index in [4.69, 9.17) is 11.6 Å². The Kier molecular flexibility index (Phi) is 12.5. The third-order valence-corrected chi connectivity index (χ3v) is 9.56. The molecular weight excluding hydrogens is 633 g/mol. The van der Waals surface area contributed by atoms with Crippen molar-refractivity contribution in [1.82, 2.24) is 14.7 Å². The van der Waals surface area contributed by atoms with Gasteiger partial charge in [0.15, 0.2) is 0 Å². The summed E-state index contributed by atoms with van der Waals surface area (Å²) in [7, 11) is 6.37. The lowest BCUT2D eigenvalue weighted by Crippen LogP contribution is -2.44. The molecule has 0 atom stereocenters. The van der Waals surface area contributed by atoms with Crippen molar-refractivity contribution in [3.8, 4) is 0 Å². The third kappa shape index (κ3) is 10.0. The standard InChI is InChI=1S/C15H18N2.C12H15F3N2.C11H15ClN2/c1-16-9-11-17(12-10-16)15-8-4-6-13-5-2-3-7-14(13)15;1-16-5-7-17(8-6-16)11-4-2-3-10(9-11)12(13,14)15;1-13-5-7-14(8-6-13)11-4-2-3-10(12)9-11/h2-8H,9-12H2,1H3;2-4,9H,5-8H2,1H3;2-4,9H,5-8H2,1H3. The normalized spacial score (nSPS) is 18.2. The van der Waals surface area contributed by atoms with Crippen LogP contribution in [0, 0.1) is 0 Å². The quantitative estimate of drug-likeness (QED) is 0.228. The number of piperazine rings is 3. The van der Waals surface area contributed by atoms with Crippen molar-refractivity contribution >= 4 is 39.4 Å². The van der Waals surface area contributed by atoms with Gasteiger partial charge in [-0.15, -0.1) is 0 Å². The Morgan fingerprint density at radius 2 is 0.958 bits per heavy atom. The molecule has 0 amide bonds. The van der Waals surface area contributed by atoms with Gasteiger partial charge < -0.3 is 29.4 Å². The number of anilines is 3. The maximum Gasteiger partial charge on any atom is 0.416 e. The Hall–Kier alpha value is -3.50. The van der Waals surface area contributed by atoms with E-state index in [0.717, 1.165) is 89.6 Å². The van der Waals surface area contributed by atoms with Gasteiger partial charge in [-0.05, 0) is 69.0 Å². The number of nitrogens with zero attached hydrogens (tertiary/aromatic N) is 6. The molecule has 0 radical (unpaired) electrons. The average Bonchev–Trinajstić information content (AvgIpc) is 3.09. The highest BCUT2D eigenvalue weighted by Gasteiger charge is 2.31. The molecule has 0 spiro atoms. The SMILES string of the molecule is CN1CCN(c2cccc(C(F)(F)F)c2)CC1.CN1CCN(c2cccc(Cl)c2)CC1.CN1CCN(c2cccc3ccccc23)CC1. The van der Waals surface area contributed by atoms with Crippen LogP contribution in [-0.2, 0) is 6.18 Å². The molecule has 0 bridgehead atoms. The molecule has 3 aliphatic heterocycles. The van der Waals surface area contributed by atoms with Crippen LogP contribution in [0.2, 0.25) is 5.02 Å². The Bertz CT molecular complexity index is 1570. The zero-order chi connectivity index (χ0) is 34.1. The number of benzene rings is 4. The van der Waals surface area contributed by atoms with Gasteiger partial charge in [-0.1, -0.05) is 60.1 Å². The van der Waals surface area contributed by atoms with Gasteiger partial charge >= 0.3 is 6.18 Å². The van der Waals surface area contributed by atoms with E-state index < -0.39 is 11.7 Å². The van der Waals surface area contributed by atoms with Crippen LogP contribution in [0.25, 0.3) is 10.8 Å². The summed E-state index contributed by atoms with van der Waals surface area (Å²) in [4.78, 5) is 13.8. The van der Waals surface area contributed by atoms with Crippen molar-refractivity contribution < 1.29 is 13.2 Å². The maximum absolute atomic E-state index is 12.6. The number of hydrogen-bond acceptors (Lipinski definition) is 6. The first-order valence-corrected chi connectivity index (χ1v) is 17.2. The van der Waals surface area contributed by atoms with Crippen molar-refractivity contribution in [3.63, 3.8) is 0 Å². The second-order valence-corrected chi connectivity index (χ2v) is 13.3. The molecule has 3 heterocycles. The predicted molar refractivity (Wildman–Crippen MR) is 196 cm³/mol. The van der Waals surface area contributed by atoms with Crippen LogP contribution in [0.4, 0.5) is 30.2 Å². The largest absolute Gasteiger partial charge is 0.416 e. The molecule has 48 heavy (non-hydrogen) atoms. The topological polar surface area (TPSA) is 19.4 Å². The zero-order valence-electron chi connectivity index (χ0n) is 28.3. The summed E-state index contributed by atoms with van der Waals surface area (Å²) in [6, 6.07) is 28.9. The lowest BCUT2D eigenvalue weighted by atomic mass is 10.1. The van der Waals surface area contributed by atoms with Crippen LogP contribution < -0.4 is 14.7 Å². The highest BCUT2D eigenvalue weighted by molar-refractivity contribution is 6.30. The lowest BCUT2D eigenvalue weighted by Gasteiger charge is -2.34. The number of likely N-dealkylation sites (N-methyl/N-ethyl adjacent to an activating group) is 3. The summed E-state index contributed by atoms with van der Waals surface area (Å²) < 4.78 is 37.7. The molecule has 3 aliphatic rings. The molecule has 0 aromatic heterocycles. The fourth-order valence-electron chi connectivity index (χ4n) is 6.21. The average molecular weight is 681 g/mol. The molecule has 6 nitrogen and oxygen atoms in total. The predicted octanol–water partition coefficient (Wildman–Crippen LogP) is 7.14. The minimum absolute atomic E-state index is 0.575. The van der Waals surface area contributed by atoms with E-state index in [-0.39, 0.29) is 0 Å². The molecule has 4 aromatic rings. The molecule has 0 saturated carbocycles. The minimum atomic E-state index is -4.26. The van der Waals surface area contributed by atoms with Crippen LogP contribution in [0.15, 0.2) is 91.0 Å². The smallest absolute Gasteiger partial charge is 0.369 e.